The molecular formula is C12H19N5. The number of fused-ring (bicyclic) bond motifs is 1. The molecule has 5 heteroatoms. The first kappa shape index (κ1) is 11.9. The lowest BCUT2D eigenvalue weighted by Crippen LogP contribution is -2.29. The Hall–Kier alpha value is -1.62. The topological polar surface area (TPSA) is 60.0 Å². The van der Waals surface area contributed by atoms with Crippen molar-refractivity contribution in [1.82, 2.24) is 19.4 Å². The highest BCUT2D eigenvalue weighted by Crippen LogP contribution is 2.17. The monoisotopic (exact) mass is 233 g/mol. The molecule has 0 saturated heterocycles. The lowest BCUT2D eigenvalue weighted by Gasteiger charge is -2.20. The fourth-order valence-corrected chi connectivity index (χ4v) is 1.72. The number of imidazole rings is 1. The Kier molecular flexibility index (Phi) is 3.02. The van der Waals surface area contributed by atoms with Gasteiger partial charge >= 0.3 is 0 Å². The first-order valence-corrected chi connectivity index (χ1v) is 5.75. The molecule has 5 nitrogen and oxygen atoms in total. The van der Waals surface area contributed by atoms with Crippen LogP contribution in [0, 0.1) is 6.92 Å². The number of aromatic nitrogens is 3. The number of hydrogen-bond donors (Lipinski definition) is 1. The second kappa shape index (κ2) is 4.33. The lowest BCUT2D eigenvalue weighted by atomic mass is 10.3. The molecule has 0 aliphatic heterocycles. The van der Waals surface area contributed by atoms with E-state index in [1.165, 1.54) is 0 Å². The van der Waals surface area contributed by atoms with Gasteiger partial charge in [-0.3, -0.25) is 4.57 Å². The summed E-state index contributed by atoms with van der Waals surface area (Å²) in [7, 11) is 4.11. The molecule has 2 heterocycles. The lowest BCUT2D eigenvalue weighted by molar-refractivity contribution is 0.286. The minimum Gasteiger partial charge on any atom is -0.369 e. The Morgan fingerprint density at radius 2 is 2.06 bits per heavy atom. The van der Waals surface area contributed by atoms with Crippen LogP contribution in [0.4, 0.5) is 5.95 Å². The van der Waals surface area contributed by atoms with Crippen molar-refractivity contribution in [3.8, 4) is 0 Å². The molecule has 2 rings (SSSR count). The van der Waals surface area contributed by atoms with Gasteiger partial charge in [0.1, 0.15) is 5.52 Å². The molecule has 0 aliphatic rings. The summed E-state index contributed by atoms with van der Waals surface area (Å²) in [6.07, 6.45) is 0. The summed E-state index contributed by atoms with van der Waals surface area (Å²) in [5.41, 5.74) is 8.66. The standard InChI is InChI=1S/C12H19N5/c1-8-5-6-10-11(14-8)17(12(13)15-10)7-9(2)16(3)4/h5-6,9H,7H2,1-4H3,(H2,13,15). The highest BCUT2D eigenvalue weighted by Gasteiger charge is 2.13. The average Bonchev–Trinajstić information content (AvgIpc) is 2.55. The zero-order valence-electron chi connectivity index (χ0n) is 10.8. The number of likely N-dealkylation sites (N-methyl/N-ethyl adjacent to an activating group) is 1. The van der Waals surface area contributed by atoms with Crippen molar-refractivity contribution in [1.29, 1.82) is 0 Å². The van der Waals surface area contributed by atoms with Gasteiger partial charge < -0.3 is 10.6 Å². The predicted molar refractivity (Wildman–Crippen MR) is 69.8 cm³/mol. The van der Waals surface area contributed by atoms with Crippen molar-refractivity contribution in [2.24, 2.45) is 0 Å². The zero-order valence-corrected chi connectivity index (χ0v) is 10.8. The molecule has 0 spiro atoms. The minimum atomic E-state index is 0.386. The van der Waals surface area contributed by atoms with Crippen LogP contribution in [0.15, 0.2) is 12.1 Å². The van der Waals surface area contributed by atoms with E-state index < -0.39 is 0 Å². The van der Waals surface area contributed by atoms with Gasteiger partial charge in [0.25, 0.3) is 0 Å². The molecular weight excluding hydrogens is 214 g/mol. The maximum atomic E-state index is 5.95. The molecule has 1 unspecified atom stereocenters. The molecule has 0 amide bonds. The van der Waals surface area contributed by atoms with Crippen LogP contribution in [-0.2, 0) is 6.54 Å². The highest BCUT2D eigenvalue weighted by atomic mass is 15.2. The van der Waals surface area contributed by atoms with Gasteiger partial charge in [0, 0.05) is 18.3 Å². The molecule has 0 saturated carbocycles. The largest absolute Gasteiger partial charge is 0.369 e. The van der Waals surface area contributed by atoms with E-state index in [0.717, 1.165) is 23.4 Å². The molecule has 0 aliphatic carbocycles. The van der Waals surface area contributed by atoms with Gasteiger partial charge in [-0.1, -0.05) is 0 Å². The normalized spacial score (nSPS) is 13.5. The second-order valence-electron chi connectivity index (χ2n) is 4.69. The summed E-state index contributed by atoms with van der Waals surface area (Å²) in [5.74, 6) is 0.534. The number of aryl methyl sites for hydroxylation is 1. The summed E-state index contributed by atoms with van der Waals surface area (Å²) >= 11 is 0. The number of anilines is 1. The van der Waals surface area contributed by atoms with Crippen LogP contribution in [0.5, 0.6) is 0 Å². The Morgan fingerprint density at radius 3 is 2.71 bits per heavy atom. The van der Waals surface area contributed by atoms with Crippen LogP contribution >= 0.6 is 0 Å². The van der Waals surface area contributed by atoms with Crippen LogP contribution < -0.4 is 5.73 Å². The summed E-state index contributed by atoms with van der Waals surface area (Å²) in [5, 5.41) is 0. The summed E-state index contributed by atoms with van der Waals surface area (Å²) in [6.45, 7) is 4.93. The SMILES string of the molecule is Cc1ccc2nc(N)n(CC(C)N(C)C)c2n1. The predicted octanol–water partition coefficient (Wildman–Crippen LogP) is 1.27. The van der Waals surface area contributed by atoms with E-state index in [1.54, 1.807) is 0 Å². The molecule has 1 atom stereocenters. The number of rotatable bonds is 3. The Bertz CT molecular complexity index is 529. The highest BCUT2D eigenvalue weighted by molar-refractivity contribution is 5.74. The molecule has 17 heavy (non-hydrogen) atoms. The van der Waals surface area contributed by atoms with Gasteiger partial charge in [0.05, 0.1) is 0 Å². The van der Waals surface area contributed by atoms with Gasteiger partial charge in [0.15, 0.2) is 5.65 Å². The molecule has 2 N–H and O–H groups in total. The van der Waals surface area contributed by atoms with E-state index in [2.05, 4.69) is 35.9 Å². The number of nitrogen functional groups attached to an aromatic ring is 1. The molecule has 0 aromatic carbocycles. The van der Waals surface area contributed by atoms with E-state index in [0.29, 0.717) is 12.0 Å². The van der Waals surface area contributed by atoms with Crippen LogP contribution in [-0.4, -0.2) is 39.6 Å². The molecule has 92 valence electrons. The van der Waals surface area contributed by atoms with Crippen LogP contribution in [0.1, 0.15) is 12.6 Å². The Labute approximate surface area is 101 Å². The molecule has 0 radical (unpaired) electrons. The van der Waals surface area contributed by atoms with Gasteiger partial charge in [-0.15, -0.1) is 0 Å². The second-order valence-corrected chi connectivity index (χ2v) is 4.69. The van der Waals surface area contributed by atoms with Gasteiger partial charge in [-0.25, -0.2) is 9.97 Å². The Balaban J connectivity index is 2.45. The van der Waals surface area contributed by atoms with E-state index in [9.17, 15) is 0 Å². The van der Waals surface area contributed by atoms with Crippen LogP contribution in [0.25, 0.3) is 11.2 Å². The maximum Gasteiger partial charge on any atom is 0.202 e. The average molecular weight is 233 g/mol. The first-order chi connectivity index (χ1) is 7.99. The zero-order chi connectivity index (χ0) is 12.6. The fourth-order valence-electron chi connectivity index (χ4n) is 1.72. The maximum absolute atomic E-state index is 5.95. The van der Waals surface area contributed by atoms with Crippen molar-refractivity contribution in [3.05, 3.63) is 17.8 Å². The molecule has 0 bridgehead atoms. The van der Waals surface area contributed by atoms with Crippen LogP contribution in [0.3, 0.4) is 0 Å². The summed E-state index contributed by atoms with van der Waals surface area (Å²) in [4.78, 5) is 11.0. The van der Waals surface area contributed by atoms with Gasteiger partial charge in [-0.05, 0) is 40.1 Å². The third-order valence-corrected chi connectivity index (χ3v) is 3.09. The molecule has 2 aromatic rings. The quantitative estimate of drug-likeness (QED) is 0.867. The number of hydrogen-bond acceptors (Lipinski definition) is 4. The van der Waals surface area contributed by atoms with Crippen molar-refractivity contribution in [3.63, 3.8) is 0 Å². The first-order valence-electron chi connectivity index (χ1n) is 5.75. The van der Waals surface area contributed by atoms with E-state index in [1.807, 2.05) is 23.6 Å². The van der Waals surface area contributed by atoms with E-state index in [4.69, 9.17) is 5.73 Å². The summed E-state index contributed by atoms with van der Waals surface area (Å²) in [6, 6.07) is 4.30. The molecule has 2 aromatic heterocycles. The third kappa shape index (κ3) is 2.24. The van der Waals surface area contributed by atoms with E-state index in [-0.39, 0.29) is 0 Å². The number of nitrogens with zero attached hydrogens (tertiary/aromatic N) is 4. The van der Waals surface area contributed by atoms with Gasteiger partial charge in [0.2, 0.25) is 5.95 Å². The number of nitrogens with two attached hydrogens (primary N) is 1. The van der Waals surface area contributed by atoms with Crippen molar-refractivity contribution < 1.29 is 0 Å². The van der Waals surface area contributed by atoms with Crippen LogP contribution in [0.2, 0.25) is 0 Å². The fraction of sp³-hybridized carbons (Fsp3) is 0.500. The Morgan fingerprint density at radius 1 is 1.35 bits per heavy atom. The smallest absolute Gasteiger partial charge is 0.202 e. The van der Waals surface area contributed by atoms with Gasteiger partial charge in [-0.2, -0.15) is 0 Å². The third-order valence-electron chi connectivity index (χ3n) is 3.09. The number of pyridine rings is 1. The van der Waals surface area contributed by atoms with Crippen molar-refractivity contribution >= 4 is 17.1 Å². The summed E-state index contributed by atoms with van der Waals surface area (Å²) < 4.78 is 1.98. The minimum absolute atomic E-state index is 0.386. The molecule has 0 fully saturated rings. The van der Waals surface area contributed by atoms with E-state index >= 15 is 0 Å². The van der Waals surface area contributed by atoms with Crippen molar-refractivity contribution in [2.75, 3.05) is 19.8 Å². The van der Waals surface area contributed by atoms with Crippen molar-refractivity contribution in [2.45, 2.75) is 26.4 Å².